The minimum atomic E-state index is -3.47. The highest BCUT2D eigenvalue weighted by Crippen LogP contribution is 2.23. The van der Waals surface area contributed by atoms with E-state index in [1.165, 1.54) is 14.1 Å². The summed E-state index contributed by atoms with van der Waals surface area (Å²) in [6.07, 6.45) is -0.609. The fourth-order valence-corrected chi connectivity index (χ4v) is 3.53. The topological polar surface area (TPSA) is 60.9 Å². The molecule has 1 fully saturated rings. The number of rotatable bonds is 5. The normalized spacial score (nSPS) is 23.9. The molecule has 7 heteroatoms. The average molecular weight is 316 g/mol. The second kappa shape index (κ2) is 6.39. The molecule has 1 aromatic rings. The zero-order valence-corrected chi connectivity index (χ0v) is 13.1. The van der Waals surface area contributed by atoms with E-state index in [-0.39, 0.29) is 24.1 Å². The molecule has 0 aliphatic carbocycles. The Labute approximate surface area is 125 Å². The molecule has 1 N–H and O–H groups in total. The third-order valence-corrected chi connectivity index (χ3v) is 5.56. The van der Waals surface area contributed by atoms with E-state index >= 15 is 0 Å². The summed E-state index contributed by atoms with van der Waals surface area (Å²) >= 11 is 0. The second-order valence-electron chi connectivity index (χ2n) is 5.53. The van der Waals surface area contributed by atoms with Gasteiger partial charge in [0.25, 0.3) is 0 Å². The van der Waals surface area contributed by atoms with Gasteiger partial charge in [-0.1, -0.05) is 12.1 Å². The van der Waals surface area contributed by atoms with E-state index in [9.17, 15) is 17.9 Å². The van der Waals surface area contributed by atoms with E-state index in [0.717, 1.165) is 9.87 Å². The lowest BCUT2D eigenvalue weighted by Crippen LogP contribution is -2.32. The standard InChI is InChI=1S/C14H21FN2O3S/c1-16(2)21(19,20)14-5-3-4-11(6-14)8-17-9-12(15)7-13(17)10-18/h3-6,12-13,18H,7-10H2,1-2H3/t12-,13-/m0/s1. The molecule has 118 valence electrons. The van der Waals surface area contributed by atoms with Crippen LogP contribution in [0.15, 0.2) is 29.2 Å². The molecular weight excluding hydrogens is 295 g/mol. The van der Waals surface area contributed by atoms with Gasteiger partial charge in [-0.15, -0.1) is 0 Å². The lowest BCUT2D eigenvalue weighted by Gasteiger charge is -2.22. The van der Waals surface area contributed by atoms with Crippen LogP contribution in [0.25, 0.3) is 0 Å². The van der Waals surface area contributed by atoms with E-state index in [2.05, 4.69) is 0 Å². The highest BCUT2D eigenvalue weighted by molar-refractivity contribution is 7.89. The maximum absolute atomic E-state index is 13.4. The van der Waals surface area contributed by atoms with E-state index in [4.69, 9.17) is 0 Å². The van der Waals surface area contributed by atoms with Gasteiger partial charge in [0.2, 0.25) is 10.0 Å². The van der Waals surface area contributed by atoms with Crippen LogP contribution < -0.4 is 0 Å². The van der Waals surface area contributed by atoms with Gasteiger partial charge in [-0.05, 0) is 24.1 Å². The number of hydrogen-bond donors (Lipinski definition) is 1. The fourth-order valence-electron chi connectivity index (χ4n) is 2.56. The molecule has 0 amide bonds. The molecule has 1 aliphatic heterocycles. The first-order chi connectivity index (χ1) is 9.84. The van der Waals surface area contributed by atoms with Crippen molar-refractivity contribution in [3.05, 3.63) is 29.8 Å². The largest absolute Gasteiger partial charge is 0.395 e. The summed E-state index contributed by atoms with van der Waals surface area (Å²) in [5.41, 5.74) is 0.797. The van der Waals surface area contributed by atoms with Crippen molar-refractivity contribution in [2.45, 2.75) is 30.1 Å². The summed E-state index contributed by atoms with van der Waals surface area (Å²) in [7, 11) is -0.503. The van der Waals surface area contributed by atoms with Gasteiger partial charge in [-0.3, -0.25) is 4.90 Å². The fraction of sp³-hybridized carbons (Fsp3) is 0.571. The third kappa shape index (κ3) is 3.60. The maximum Gasteiger partial charge on any atom is 0.242 e. The Bertz CT molecular complexity index is 592. The lowest BCUT2D eigenvalue weighted by molar-refractivity contribution is 0.153. The predicted molar refractivity (Wildman–Crippen MR) is 78.1 cm³/mol. The van der Waals surface area contributed by atoms with Crippen LogP contribution >= 0.6 is 0 Å². The summed E-state index contributed by atoms with van der Waals surface area (Å²) in [6.45, 7) is 0.619. The minimum absolute atomic E-state index is 0.0872. The molecule has 1 aliphatic rings. The van der Waals surface area contributed by atoms with E-state index in [0.29, 0.717) is 13.0 Å². The molecule has 2 atom stereocenters. The van der Waals surface area contributed by atoms with Gasteiger partial charge in [0.15, 0.2) is 0 Å². The number of sulfonamides is 1. The average Bonchev–Trinajstić information content (AvgIpc) is 2.78. The Kier molecular flexibility index (Phi) is 4.98. The third-order valence-electron chi connectivity index (χ3n) is 3.75. The Morgan fingerprint density at radius 3 is 2.76 bits per heavy atom. The lowest BCUT2D eigenvalue weighted by atomic mass is 10.2. The SMILES string of the molecule is CN(C)S(=O)(=O)c1cccc(CN2C[C@@H](F)C[C@H]2CO)c1. The minimum Gasteiger partial charge on any atom is -0.395 e. The molecule has 0 unspecified atom stereocenters. The number of aliphatic hydroxyl groups excluding tert-OH is 1. The summed E-state index contributed by atoms with van der Waals surface area (Å²) in [6, 6.07) is 6.45. The smallest absolute Gasteiger partial charge is 0.242 e. The van der Waals surface area contributed by atoms with Crippen LogP contribution in [0.5, 0.6) is 0 Å². The Morgan fingerprint density at radius 2 is 2.14 bits per heavy atom. The second-order valence-corrected chi connectivity index (χ2v) is 7.69. The van der Waals surface area contributed by atoms with E-state index in [1.54, 1.807) is 18.2 Å². The van der Waals surface area contributed by atoms with Crippen molar-refractivity contribution in [2.24, 2.45) is 0 Å². The quantitative estimate of drug-likeness (QED) is 0.874. The summed E-state index contributed by atoms with van der Waals surface area (Å²) in [4.78, 5) is 2.08. The van der Waals surface area contributed by atoms with Gasteiger partial charge in [0, 0.05) is 33.2 Å². The number of likely N-dealkylation sites (tertiary alicyclic amines) is 1. The Hall–Kier alpha value is -1.02. The van der Waals surface area contributed by atoms with Gasteiger partial charge in [0.1, 0.15) is 6.17 Å². The molecule has 0 radical (unpaired) electrons. The molecule has 0 spiro atoms. The van der Waals surface area contributed by atoms with E-state index < -0.39 is 16.2 Å². The van der Waals surface area contributed by atoms with Crippen LogP contribution in [0, 0.1) is 0 Å². The van der Waals surface area contributed by atoms with Crippen molar-refractivity contribution < 1.29 is 17.9 Å². The van der Waals surface area contributed by atoms with Crippen LogP contribution in [0.3, 0.4) is 0 Å². The molecule has 0 bridgehead atoms. The number of hydrogen-bond acceptors (Lipinski definition) is 4. The highest BCUT2D eigenvalue weighted by Gasteiger charge is 2.31. The van der Waals surface area contributed by atoms with Crippen molar-refractivity contribution in [3.63, 3.8) is 0 Å². The van der Waals surface area contributed by atoms with Gasteiger partial charge in [-0.25, -0.2) is 17.1 Å². The van der Waals surface area contributed by atoms with Crippen molar-refractivity contribution >= 4 is 10.0 Å². The summed E-state index contributed by atoms with van der Waals surface area (Å²) < 4.78 is 38.8. The molecule has 1 heterocycles. The predicted octanol–water partition coefficient (Wildman–Crippen LogP) is 0.842. The number of aliphatic hydroxyl groups is 1. The van der Waals surface area contributed by atoms with Crippen molar-refractivity contribution in [1.82, 2.24) is 9.21 Å². The zero-order chi connectivity index (χ0) is 15.6. The van der Waals surface area contributed by atoms with Gasteiger partial charge in [0.05, 0.1) is 11.5 Å². The van der Waals surface area contributed by atoms with Crippen LogP contribution in [-0.2, 0) is 16.6 Å². The number of halogens is 1. The van der Waals surface area contributed by atoms with Crippen LogP contribution in [-0.4, -0.2) is 62.2 Å². The monoisotopic (exact) mass is 316 g/mol. The first-order valence-electron chi connectivity index (χ1n) is 6.85. The maximum atomic E-state index is 13.4. The summed E-state index contributed by atoms with van der Waals surface area (Å²) in [5.74, 6) is 0. The van der Waals surface area contributed by atoms with Crippen LogP contribution in [0.2, 0.25) is 0 Å². The van der Waals surface area contributed by atoms with Crippen molar-refractivity contribution in [2.75, 3.05) is 27.2 Å². The first-order valence-corrected chi connectivity index (χ1v) is 8.29. The summed E-state index contributed by atoms with van der Waals surface area (Å²) in [5, 5.41) is 9.28. The van der Waals surface area contributed by atoms with Gasteiger partial charge < -0.3 is 5.11 Å². The number of alkyl halides is 1. The molecule has 1 saturated heterocycles. The first kappa shape index (κ1) is 16.4. The molecule has 21 heavy (non-hydrogen) atoms. The van der Waals surface area contributed by atoms with Gasteiger partial charge >= 0.3 is 0 Å². The Balaban J connectivity index is 2.19. The molecule has 0 saturated carbocycles. The van der Waals surface area contributed by atoms with Gasteiger partial charge in [-0.2, -0.15) is 0 Å². The molecule has 1 aromatic carbocycles. The number of benzene rings is 1. The zero-order valence-electron chi connectivity index (χ0n) is 12.2. The van der Waals surface area contributed by atoms with Crippen LogP contribution in [0.4, 0.5) is 4.39 Å². The van der Waals surface area contributed by atoms with Crippen molar-refractivity contribution in [1.29, 1.82) is 0 Å². The molecule has 2 rings (SSSR count). The van der Waals surface area contributed by atoms with Crippen molar-refractivity contribution in [3.8, 4) is 0 Å². The highest BCUT2D eigenvalue weighted by atomic mass is 32.2. The van der Waals surface area contributed by atoms with E-state index in [1.807, 2.05) is 11.0 Å². The molecular formula is C14H21FN2O3S. The van der Waals surface area contributed by atoms with Crippen LogP contribution in [0.1, 0.15) is 12.0 Å². The number of nitrogens with zero attached hydrogens (tertiary/aromatic N) is 2. The molecule has 5 nitrogen and oxygen atoms in total. The molecule has 0 aromatic heterocycles. The Morgan fingerprint density at radius 1 is 1.43 bits per heavy atom.